The van der Waals surface area contributed by atoms with Gasteiger partial charge in [-0.3, -0.25) is 9.59 Å². The van der Waals surface area contributed by atoms with Gasteiger partial charge < -0.3 is 29.3 Å². The summed E-state index contributed by atoms with van der Waals surface area (Å²) in [6.45, 7) is 4.91. The number of carbonyl (C=O) groups is 2. The maximum Gasteiger partial charge on any atom is 0.261 e. The normalized spacial score (nSPS) is 26.2. The second kappa shape index (κ2) is 8.55. The third kappa shape index (κ3) is 3.94. The highest BCUT2D eigenvalue weighted by Crippen LogP contribution is 2.59. The summed E-state index contributed by atoms with van der Waals surface area (Å²) in [6, 6.07) is 11.9. The molecule has 2 aliphatic heterocycles. The second-order valence-electron chi connectivity index (χ2n) is 9.18. The third-order valence-electron chi connectivity index (χ3n) is 6.74. The minimum Gasteiger partial charge on any atom is -0.497 e. The Morgan fingerprint density at radius 2 is 1.97 bits per heavy atom. The average molecular weight is 473 g/mol. The van der Waals surface area contributed by atoms with Crippen molar-refractivity contribution in [3.05, 3.63) is 53.6 Å². The molecule has 9 heteroatoms. The average Bonchev–Trinajstić information content (AvgIpc) is 3.22. The molecular formula is C24H29FN2O5Si. The first-order chi connectivity index (χ1) is 15.6. The molecule has 2 amide bonds. The zero-order chi connectivity index (χ0) is 24.0. The van der Waals surface area contributed by atoms with Gasteiger partial charge in [-0.25, -0.2) is 0 Å². The summed E-state index contributed by atoms with van der Waals surface area (Å²) in [6.07, 6.45) is -0.306. The monoisotopic (exact) mass is 472 g/mol. The molecule has 0 bridgehead atoms. The van der Waals surface area contributed by atoms with Crippen LogP contribution in [0.1, 0.15) is 29.3 Å². The Balaban J connectivity index is 1.67. The number of ether oxygens (including phenoxy) is 2. The fourth-order valence-corrected chi connectivity index (χ4v) is 7.83. The lowest BCUT2D eigenvalue weighted by molar-refractivity contribution is -0.143. The molecular weight excluding hydrogens is 443 g/mol. The fourth-order valence-electron chi connectivity index (χ4n) is 5.29. The maximum absolute atomic E-state index is 15.3. The Morgan fingerprint density at radius 3 is 2.58 bits per heavy atom. The smallest absolute Gasteiger partial charge is 0.261 e. The molecule has 0 saturated carbocycles. The van der Waals surface area contributed by atoms with Crippen LogP contribution in [0.25, 0.3) is 0 Å². The summed E-state index contributed by atoms with van der Waals surface area (Å²) in [5, 5.41) is 15.2. The van der Waals surface area contributed by atoms with E-state index in [-0.39, 0.29) is 24.8 Å². The molecule has 33 heavy (non-hydrogen) atoms. The van der Waals surface area contributed by atoms with Gasteiger partial charge in [-0.15, -0.1) is 0 Å². The molecule has 1 fully saturated rings. The van der Waals surface area contributed by atoms with E-state index in [1.807, 2.05) is 6.92 Å². The second-order valence-corrected chi connectivity index (χ2v) is 13.0. The van der Waals surface area contributed by atoms with Gasteiger partial charge in [-0.1, -0.05) is 6.92 Å². The predicted octanol–water partition coefficient (Wildman–Crippen LogP) is 4.06. The molecule has 0 aliphatic carbocycles. The van der Waals surface area contributed by atoms with Crippen LogP contribution in [0, 0.1) is 5.92 Å². The molecule has 3 N–H and O–H groups in total. The number of nitrogens with one attached hydrogen (secondary N) is 2. The number of fused-ring (bicyclic) bond motifs is 2. The molecule has 2 aromatic carbocycles. The van der Waals surface area contributed by atoms with E-state index in [2.05, 4.69) is 10.6 Å². The highest BCUT2D eigenvalue weighted by atomic mass is 28.4. The molecule has 7 nitrogen and oxygen atoms in total. The SMILES string of the molecule is COc1ccc(C(=O)Nc2ccc3c(c2)[C@@]2(O[C@H](CCO)[C@@H]([Si](C)(C)F)[C@@H]2C)C(=O)N3)cc1. The largest absolute Gasteiger partial charge is 0.497 e. The zero-order valence-electron chi connectivity index (χ0n) is 19.1. The number of hydrogen-bond acceptors (Lipinski definition) is 5. The van der Waals surface area contributed by atoms with Crippen LogP contribution in [-0.2, 0) is 15.1 Å². The maximum atomic E-state index is 15.3. The summed E-state index contributed by atoms with van der Waals surface area (Å²) >= 11 is 0. The van der Waals surface area contributed by atoms with Crippen LogP contribution in [0.15, 0.2) is 42.5 Å². The van der Waals surface area contributed by atoms with Crippen LogP contribution in [-0.4, -0.2) is 45.1 Å². The summed E-state index contributed by atoms with van der Waals surface area (Å²) in [7, 11) is -1.67. The van der Waals surface area contributed by atoms with E-state index in [4.69, 9.17) is 9.47 Å². The van der Waals surface area contributed by atoms with Gasteiger partial charge in [0.15, 0.2) is 5.60 Å². The van der Waals surface area contributed by atoms with E-state index in [1.165, 1.54) is 0 Å². The van der Waals surface area contributed by atoms with E-state index in [0.717, 1.165) is 0 Å². The van der Waals surface area contributed by atoms with Gasteiger partial charge in [0, 0.05) is 40.6 Å². The minimum absolute atomic E-state index is 0.152. The van der Waals surface area contributed by atoms with Crippen molar-refractivity contribution in [3.63, 3.8) is 0 Å². The fraction of sp³-hybridized carbons (Fsp3) is 0.417. The van der Waals surface area contributed by atoms with Gasteiger partial charge in [0.2, 0.25) is 8.41 Å². The van der Waals surface area contributed by atoms with E-state index in [1.54, 1.807) is 62.7 Å². The van der Waals surface area contributed by atoms with Crippen LogP contribution >= 0.6 is 0 Å². The van der Waals surface area contributed by atoms with Crippen molar-refractivity contribution in [1.29, 1.82) is 0 Å². The van der Waals surface area contributed by atoms with E-state index in [9.17, 15) is 14.7 Å². The molecule has 2 heterocycles. The molecule has 4 rings (SSSR count). The number of carbonyl (C=O) groups excluding carboxylic acids is 2. The number of aliphatic hydroxyl groups is 1. The van der Waals surface area contributed by atoms with Gasteiger partial charge in [-0.05, 0) is 62.0 Å². The lowest BCUT2D eigenvalue weighted by Crippen LogP contribution is -2.42. The molecule has 1 saturated heterocycles. The number of amides is 2. The summed E-state index contributed by atoms with van der Waals surface area (Å²) in [4.78, 5) is 25.9. The molecule has 2 aliphatic rings. The van der Waals surface area contributed by atoms with Gasteiger partial charge in [0.1, 0.15) is 5.75 Å². The standard InChI is InChI=1S/C24H29FN2O5Si/c1-14-21(33(3,4)25)20(11-12-28)32-24(14)18-13-16(7-10-19(18)27-23(24)30)26-22(29)15-5-8-17(31-2)9-6-15/h5-10,13-14,20-21,28H,11-12H2,1-4H3,(H,26,29)(H,27,30)/t14-,20+,21-,24+/m0/s1. The van der Waals surface area contributed by atoms with Crippen molar-refractivity contribution in [2.75, 3.05) is 24.4 Å². The predicted molar refractivity (Wildman–Crippen MR) is 126 cm³/mol. The van der Waals surface area contributed by atoms with Crippen molar-refractivity contribution in [2.24, 2.45) is 5.92 Å². The summed E-state index contributed by atoms with van der Waals surface area (Å²) in [5.74, 6) is -0.436. The van der Waals surface area contributed by atoms with Crippen LogP contribution in [0.2, 0.25) is 18.6 Å². The van der Waals surface area contributed by atoms with Crippen LogP contribution in [0.5, 0.6) is 5.75 Å². The molecule has 0 unspecified atom stereocenters. The Morgan fingerprint density at radius 1 is 1.27 bits per heavy atom. The first kappa shape index (κ1) is 23.4. The lowest BCUT2D eigenvalue weighted by Gasteiger charge is -2.30. The number of hydrogen-bond donors (Lipinski definition) is 3. The molecule has 0 aromatic heterocycles. The van der Waals surface area contributed by atoms with Crippen LogP contribution < -0.4 is 15.4 Å². The molecule has 1 spiro atoms. The van der Waals surface area contributed by atoms with Gasteiger partial charge in [-0.2, -0.15) is 0 Å². The van der Waals surface area contributed by atoms with Crippen LogP contribution in [0.3, 0.4) is 0 Å². The van der Waals surface area contributed by atoms with Crippen molar-refractivity contribution in [2.45, 2.75) is 43.7 Å². The quantitative estimate of drug-likeness (QED) is 0.435. The van der Waals surface area contributed by atoms with Gasteiger partial charge in [0.25, 0.3) is 11.8 Å². The van der Waals surface area contributed by atoms with Gasteiger partial charge >= 0.3 is 0 Å². The zero-order valence-corrected chi connectivity index (χ0v) is 20.1. The number of rotatable bonds is 6. The van der Waals surface area contributed by atoms with Gasteiger partial charge in [0.05, 0.1) is 13.2 Å². The van der Waals surface area contributed by atoms with E-state index < -0.39 is 31.6 Å². The summed E-state index contributed by atoms with van der Waals surface area (Å²) in [5.41, 5.74) is 0.294. The third-order valence-corrected chi connectivity index (χ3v) is 9.20. The number of methoxy groups -OCH3 is 1. The minimum atomic E-state index is -3.22. The Labute approximate surface area is 193 Å². The molecule has 2 aromatic rings. The van der Waals surface area contributed by atoms with Crippen molar-refractivity contribution in [3.8, 4) is 5.75 Å². The number of aliphatic hydroxyl groups excluding tert-OH is 1. The van der Waals surface area contributed by atoms with E-state index in [0.29, 0.717) is 28.3 Å². The number of anilines is 2. The molecule has 4 atom stereocenters. The van der Waals surface area contributed by atoms with E-state index >= 15 is 4.11 Å². The lowest BCUT2D eigenvalue weighted by atomic mass is 9.82. The topological polar surface area (TPSA) is 96.9 Å². The van der Waals surface area contributed by atoms with Crippen LogP contribution in [0.4, 0.5) is 15.5 Å². The number of halogens is 1. The Kier molecular flexibility index (Phi) is 6.06. The van der Waals surface area contributed by atoms with Crippen molar-refractivity contribution in [1.82, 2.24) is 0 Å². The highest BCUT2D eigenvalue weighted by molar-refractivity contribution is 6.72. The Bertz CT molecular complexity index is 1070. The highest BCUT2D eigenvalue weighted by Gasteiger charge is 2.65. The number of benzene rings is 2. The molecule has 0 radical (unpaired) electrons. The Hall–Kier alpha value is -2.75. The summed E-state index contributed by atoms with van der Waals surface area (Å²) < 4.78 is 26.8. The first-order valence-corrected chi connectivity index (χ1v) is 14.0. The van der Waals surface area contributed by atoms with Crippen molar-refractivity contribution < 1.29 is 28.3 Å². The first-order valence-electron chi connectivity index (χ1n) is 11.0. The van der Waals surface area contributed by atoms with Crippen molar-refractivity contribution >= 4 is 31.6 Å². The molecule has 176 valence electrons.